The lowest BCUT2D eigenvalue weighted by atomic mass is 9.74. The molecule has 1 unspecified atom stereocenters. The van der Waals surface area contributed by atoms with Crippen molar-refractivity contribution in [1.82, 2.24) is 5.32 Å². The Hall–Kier alpha value is -0.960. The predicted octanol–water partition coefficient (Wildman–Crippen LogP) is 4.46. The summed E-state index contributed by atoms with van der Waals surface area (Å²) in [6.07, 6.45) is 6.31. The van der Waals surface area contributed by atoms with Crippen molar-refractivity contribution >= 4 is 0 Å². The molecule has 1 aromatic carbocycles. The Labute approximate surface area is 120 Å². The highest BCUT2D eigenvalue weighted by Gasteiger charge is 2.39. The first kappa shape index (κ1) is 15.4. The van der Waals surface area contributed by atoms with Crippen LogP contribution in [0.4, 0.5) is 8.78 Å². The predicted molar refractivity (Wildman–Crippen MR) is 78.7 cm³/mol. The molecule has 3 heteroatoms. The van der Waals surface area contributed by atoms with Gasteiger partial charge in [0.25, 0.3) is 0 Å². The molecule has 1 atom stereocenters. The van der Waals surface area contributed by atoms with E-state index < -0.39 is 11.6 Å². The van der Waals surface area contributed by atoms with Gasteiger partial charge in [0.2, 0.25) is 0 Å². The van der Waals surface area contributed by atoms with Gasteiger partial charge in [-0.2, -0.15) is 0 Å². The normalized spacial score (nSPS) is 19.2. The van der Waals surface area contributed by atoms with Crippen LogP contribution in [0.15, 0.2) is 18.2 Å². The summed E-state index contributed by atoms with van der Waals surface area (Å²) < 4.78 is 27.8. The van der Waals surface area contributed by atoms with Crippen LogP contribution < -0.4 is 5.32 Å². The van der Waals surface area contributed by atoms with E-state index in [1.807, 2.05) is 0 Å². The quantitative estimate of drug-likeness (QED) is 0.812. The van der Waals surface area contributed by atoms with Gasteiger partial charge in [0.1, 0.15) is 11.6 Å². The highest BCUT2D eigenvalue weighted by molar-refractivity contribution is 5.21. The first-order valence-electron chi connectivity index (χ1n) is 7.79. The van der Waals surface area contributed by atoms with E-state index in [1.165, 1.54) is 31.0 Å². The topological polar surface area (TPSA) is 12.0 Å². The smallest absolute Gasteiger partial charge is 0.129 e. The Balaban J connectivity index is 2.25. The van der Waals surface area contributed by atoms with Crippen LogP contribution in [0, 0.1) is 17.0 Å². The lowest BCUT2D eigenvalue weighted by Gasteiger charge is -2.38. The summed E-state index contributed by atoms with van der Waals surface area (Å²) >= 11 is 0. The van der Waals surface area contributed by atoms with E-state index in [9.17, 15) is 8.78 Å². The van der Waals surface area contributed by atoms with Gasteiger partial charge in [0.15, 0.2) is 0 Å². The van der Waals surface area contributed by atoms with Crippen LogP contribution in [-0.4, -0.2) is 12.6 Å². The lowest BCUT2D eigenvalue weighted by Crippen LogP contribution is -2.45. The molecule has 0 radical (unpaired) electrons. The third-order valence-corrected chi connectivity index (χ3v) is 4.96. The van der Waals surface area contributed by atoms with E-state index in [0.717, 1.165) is 25.8 Å². The fraction of sp³-hybridized carbons (Fsp3) is 0.647. The van der Waals surface area contributed by atoms with E-state index in [4.69, 9.17) is 0 Å². The maximum atomic E-state index is 13.9. The Kier molecular flexibility index (Phi) is 5.14. The summed E-state index contributed by atoms with van der Waals surface area (Å²) in [5.41, 5.74) is 0.434. The summed E-state index contributed by atoms with van der Waals surface area (Å²) in [7, 11) is 0. The molecule has 0 bridgehead atoms. The van der Waals surface area contributed by atoms with Crippen LogP contribution in [0.25, 0.3) is 0 Å². The molecule has 1 aromatic rings. The average Bonchev–Trinajstić information content (AvgIpc) is 2.92. The highest BCUT2D eigenvalue weighted by atomic mass is 19.1. The molecule has 20 heavy (non-hydrogen) atoms. The number of halogens is 2. The summed E-state index contributed by atoms with van der Waals surface area (Å²) in [5.74, 6) is -0.839. The van der Waals surface area contributed by atoms with Crippen molar-refractivity contribution in [2.75, 3.05) is 6.54 Å². The van der Waals surface area contributed by atoms with Gasteiger partial charge in [0.05, 0.1) is 0 Å². The van der Waals surface area contributed by atoms with E-state index in [0.29, 0.717) is 6.42 Å². The minimum atomic E-state index is -0.419. The number of benzene rings is 1. The summed E-state index contributed by atoms with van der Waals surface area (Å²) in [6, 6.07) is 4.30. The van der Waals surface area contributed by atoms with Crippen molar-refractivity contribution in [3.8, 4) is 0 Å². The SMILES string of the molecule is CCNC(Cc1c(F)cccc1F)C1(CC)CCCC1. The first-order chi connectivity index (χ1) is 9.63. The molecule has 1 aliphatic rings. The number of hydrogen-bond donors (Lipinski definition) is 1. The molecule has 1 aliphatic carbocycles. The second kappa shape index (κ2) is 6.66. The molecule has 0 aromatic heterocycles. The Morgan fingerprint density at radius 1 is 1.15 bits per heavy atom. The monoisotopic (exact) mass is 281 g/mol. The maximum absolute atomic E-state index is 13.9. The molecule has 0 heterocycles. The van der Waals surface area contributed by atoms with Crippen LogP contribution in [0.5, 0.6) is 0 Å². The first-order valence-corrected chi connectivity index (χ1v) is 7.79. The molecule has 0 aliphatic heterocycles. The fourth-order valence-corrected chi connectivity index (χ4v) is 3.71. The average molecular weight is 281 g/mol. The van der Waals surface area contributed by atoms with Crippen molar-refractivity contribution < 1.29 is 8.78 Å². The van der Waals surface area contributed by atoms with Crippen LogP contribution in [0.1, 0.15) is 51.5 Å². The highest BCUT2D eigenvalue weighted by Crippen LogP contribution is 2.45. The van der Waals surface area contributed by atoms with Gasteiger partial charge in [-0.15, -0.1) is 0 Å². The van der Waals surface area contributed by atoms with Gasteiger partial charge < -0.3 is 5.32 Å². The van der Waals surface area contributed by atoms with E-state index in [2.05, 4.69) is 19.2 Å². The maximum Gasteiger partial charge on any atom is 0.129 e. The van der Waals surface area contributed by atoms with Crippen molar-refractivity contribution in [3.05, 3.63) is 35.4 Å². The van der Waals surface area contributed by atoms with Crippen molar-refractivity contribution in [3.63, 3.8) is 0 Å². The summed E-state index contributed by atoms with van der Waals surface area (Å²) in [4.78, 5) is 0. The van der Waals surface area contributed by atoms with Crippen molar-refractivity contribution in [2.24, 2.45) is 5.41 Å². The van der Waals surface area contributed by atoms with E-state index >= 15 is 0 Å². The fourth-order valence-electron chi connectivity index (χ4n) is 3.71. The summed E-state index contributed by atoms with van der Waals surface area (Å²) in [6.45, 7) is 5.10. The molecule has 1 fully saturated rings. The third kappa shape index (κ3) is 3.03. The number of rotatable bonds is 6. The number of likely N-dealkylation sites (N-methyl/N-ethyl adjacent to an activating group) is 1. The molecule has 0 amide bonds. The van der Waals surface area contributed by atoms with Crippen molar-refractivity contribution in [2.45, 2.75) is 58.4 Å². The van der Waals surface area contributed by atoms with Gasteiger partial charge in [0, 0.05) is 11.6 Å². The molecule has 2 rings (SSSR count). The molecular weight excluding hydrogens is 256 g/mol. The lowest BCUT2D eigenvalue weighted by molar-refractivity contribution is 0.184. The van der Waals surface area contributed by atoms with Gasteiger partial charge in [-0.3, -0.25) is 0 Å². The molecule has 1 N–H and O–H groups in total. The second-order valence-corrected chi connectivity index (χ2v) is 5.94. The van der Waals surface area contributed by atoms with Gasteiger partial charge >= 0.3 is 0 Å². The molecule has 1 nitrogen and oxygen atoms in total. The van der Waals surface area contributed by atoms with E-state index in [-0.39, 0.29) is 17.0 Å². The van der Waals surface area contributed by atoms with Gasteiger partial charge in [-0.1, -0.05) is 32.8 Å². The minimum absolute atomic E-state index is 0.159. The van der Waals surface area contributed by atoms with Gasteiger partial charge in [-0.25, -0.2) is 8.78 Å². The molecule has 1 saturated carbocycles. The van der Waals surface area contributed by atoms with E-state index in [1.54, 1.807) is 0 Å². The zero-order chi connectivity index (χ0) is 14.6. The van der Waals surface area contributed by atoms with Gasteiger partial charge in [-0.05, 0) is 49.8 Å². The molecule has 112 valence electrons. The van der Waals surface area contributed by atoms with Crippen LogP contribution >= 0.6 is 0 Å². The molecular formula is C17H25F2N. The zero-order valence-corrected chi connectivity index (χ0v) is 12.5. The number of nitrogens with one attached hydrogen (secondary N) is 1. The van der Waals surface area contributed by atoms with Crippen LogP contribution in [0.2, 0.25) is 0 Å². The Bertz CT molecular complexity index is 418. The summed E-state index contributed by atoms with van der Waals surface area (Å²) in [5, 5.41) is 3.49. The molecule has 0 saturated heterocycles. The number of hydrogen-bond acceptors (Lipinski definition) is 1. The zero-order valence-electron chi connectivity index (χ0n) is 12.5. The Morgan fingerprint density at radius 2 is 1.75 bits per heavy atom. The standard InChI is InChI=1S/C17H25F2N/c1-3-17(10-5-6-11-17)16(20-4-2)12-13-14(18)8-7-9-15(13)19/h7-9,16,20H,3-6,10-12H2,1-2H3. The van der Waals surface area contributed by atoms with Crippen LogP contribution in [-0.2, 0) is 6.42 Å². The Morgan fingerprint density at radius 3 is 2.25 bits per heavy atom. The van der Waals surface area contributed by atoms with Crippen molar-refractivity contribution in [1.29, 1.82) is 0 Å². The molecule has 0 spiro atoms. The largest absolute Gasteiger partial charge is 0.313 e. The third-order valence-electron chi connectivity index (χ3n) is 4.96. The van der Waals surface area contributed by atoms with Crippen LogP contribution in [0.3, 0.4) is 0 Å². The minimum Gasteiger partial charge on any atom is -0.313 e. The second-order valence-electron chi connectivity index (χ2n) is 5.94.